The molecule has 0 N–H and O–H groups in total. The van der Waals surface area contributed by atoms with Gasteiger partial charge in [0.15, 0.2) is 11.6 Å². The van der Waals surface area contributed by atoms with Crippen LogP contribution in [0, 0.1) is 12.8 Å². The highest BCUT2D eigenvalue weighted by atomic mass is 32.2. The van der Waals surface area contributed by atoms with Crippen LogP contribution in [0.4, 0.5) is 0 Å². The van der Waals surface area contributed by atoms with Crippen LogP contribution in [-0.2, 0) is 4.79 Å². The Morgan fingerprint density at radius 3 is 2.52 bits per heavy atom. The van der Waals surface area contributed by atoms with E-state index in [-0.39, 0.29) is 23.8 Å². The largest absolute Gasteiger partial charge is 0.461 e. The second-order valence-corrected chi connectivity index (χ2v) is 8.40. The maximum absolute atomic E-state index is 13.2. The number of hydrogen-bond donors (Lipinski definition) is 0. The zero-order valence-corrected chi connectivity index (χ0v) is 18.5. The highest BCUT2D eigenvalue weighted by molar-refractivity contribution is 7.98. The summed E-state index contributed by atoms with van der Waals surface area (Å²) in [5.74, 6) is 1.13. The molecule has 0 aliphatic carbocycles. The predicted molar refractivity (Wildman–Crippen MR) is 113 cm³/mol. The van der Waals surface area contributed by atoms with Crippen molar-refractivity contribution in [3.63, 3.8) is 0 Å². The van der Waals surface area contributed by atoms with Gasteiger partial charge in [0, 0.05) is 32.1 Å². The third-order valence-electron chi connectivity index (χ3n) is 5.46. The van der Waals surface area contributed by atoms with Crippen molar-refractivity contribution in [1.29, 1.82) is 0 Å². The highest BCUT2D eigenvalue weighted by Gasteiger charge is 2.32. The fourth-order valence-corrected chi connectivity index (χ4v) is 4.10. The van der Waals surface area contributed by atoms with E-state index in [0.29, 0.717) is 53.8 Å². The van der Waals surface area contributed by atoms with Crippen LogP contribution in [0.2, 0.25) is 0 Å². The van der Waals surface area contributed by atoms with Crippen molar-refractivity contribution >= 4 is 23.6 Å². The van der Waals surface area contributed by atoms with Gasteiger partial charge in [0.05, 0.1) is 17.5 Å². The van der Waals surface area contributed by atoms with Gasteiger partial charge in [0.1, 0.15) is 5.03 Å². The molecule has 1 saturated heterocycles. The lowest BCUT2D eigenvalue weighted by Gasteiger charge is -2.34. The minimum Gasteiger partial charge on any atom is -0.461 e. The molecular formula is C21H28N4O3S. The maximum atomic E-state index is 13.2. The Balaban J connectivity index is 1.75. The molecule has 1 aliphatic heterocycles. The van der Waals surface area contributed by atoms with E-state index in [0.717, 1.165) is 0 Å². The molecule has 2 aromatic heterocycles. The SMILES string of the molecule is CSc1nc(-c2ccco2)nc(C)c1C(=O)N1CCC(C(=O)N(C)C(C)C)CC1. The Hall–Kier alpha value is -2.35. The summed E-state index contributed by atoms with van der Waals surface area (Å²) in [6, 6.07) is 3.77. The van der Waals surface area contributed by atoms with Crippen LogP contribution < -0.4 is 0 Å². The van der Waals surface area contributed by atoms with E-state index in [2.05, 4.69) is 9.97 Å². The second kappa shape index (κ2) is 8.98. The van der Waals surface area contributed by atoms with Gasteiger partial charge in [-0.15, -0.1) is 11.8 Å². The second-order valence-electron chi connectivity index (χ2n) is 7.60. The molecule has 2 aromatic rings. The Kier molecular flexibility index (Phi) is 6.62. The molecule has 0 atom stereocenters. The Morgan fingerprint density at radius 2 is 1.97 bits per heavy atom. The number of hydrogen-bond acceptors (Lipinski definition) is 6. The minimum absolute atomic E-state index is 0.0230. The zero-order valence-electron chi connectivity index (χ0n) is 17.6. The molecular weight excluding hydrogens is 388 g/mol. The first-order valence-electron chi connectivity index (χ1n) is 9.86. The van der Waals surface area contributed by atoms with Crippen LogP contribution in [0.15, 0.2) is 27.8 Å². The zero-order chi connectivity index (χ0) is 21.1. The normalized spacial score (nSPS) is 15.0. The quantitative estimate of drug-likeness (QED) is 0.548. The number of piperidine rings is 1. The summed E-state index contributed by atoms with van der Waals surface area (Å²) < 4.78 is 5.40. The lowest BCUT2D eigenvalue weighted by Crippen LogP contribution is -2.45. The van der Waals surface area contributed by atoms with Crippen molar-refractivity contribution in [3.8, 4) is 11.6 Å². The van der Waals surface area contributed by atoms with Crippen molar-refractivity contribution in [3.05, 3.63) is 29.7 Å². The first-order chi connectivity index (χ1) is 13.8. The Bertz CT molecular complexity index is 874. The summed E-state index contributed by atoms with van der Waals surface area (Å²) in [4.78, 5) is 38.5. The third-order valence-corrected chi connectivity index (χ3v) is 6.14. The van der Waals surface area contributed by atoms with E-state index in [9.17, 15) is 9.59 Å². The molecule has 0 radical (unpaired) electrons. The smallest absolute Gasteiger partial charge is 0.258 e. The Labute approximate surface area is 175 Å². The number of furan rings is 1. The van der Waals surface area contributed by atoms with E-state index >= 15 is 0 Å². The van der Waals surface area contributed by atoms with Gasteiger partial charge < -0.3 is 14.2 Å². The minimum atomic E-state index is -0.0686. The molecule has 0 spiro atoms. The van der Waals surface area contributed by atoms with Crippen molar-refractivity contribution < 1.29 is 14.0 Å². The fraction of sp³-hybridized carbons (Fsp3) is 0.524. The number of thioether (sulfide) groups is 1. The van der Waals surface area contributed by atoms with E-state index < -0.39 is 0 Å². The predicted octanol–water partition coefficient (Wildman–Crippen LogP) is 3.49. The number of aromatic nitrogens is 2. The molecule has 3 heterocycles. The van der Waals surface area contributed by atoms with Crippen LogP contribution in [0.1, 0.15) is 42.7 Å². The van der Waals surface area contributed by atoms with Crippen LogP contribution in [0.5, 0.6) is 0 Å². The molecule has 0 saturated carbocycles. The fourth-order valence-electron chi connectivity index (χ4n) is 3.49. The van der Waals surface area contributed by atoms with E-state index in [4.69, 9.17) is 4.42 Å². The summed E-state index contributed by atoms with van der Waals surface area (Å²) in [6.45, 7) is 6.98. The number of amides is 2. The average molecular weight is 417 g/mol. The number of aryl methyl sites for hydroxylation is 1. The summed E-state index contributed by atoms with van der Waals surface area (Å²) >= 11 is 1.42. The van der Waals surface area contributed by atoms with Gasteiger partial charge in [0.25, 0.3) is 5.91 Å². The number of likely N-dealkylation sites (tertiary alicyclic amines) is 1. The van der Waals surface area contributed by atoms with E-state index in [1.165, 1.54) is 11.8 Å². The molecule has 0 unspecified atom stereocenters. The van der Waals surface area contributed by atoms with Gasteiger partial charge in [-0.1, -0.05) is 0 Å². The summed E-state index contributed by atoms with van der Waals surface area (Å²) in [5, 5.41) is 0.645. The topological polar surface area (TPSA) is 79.5 Å². The molecule has 156 valence electrons. The standard InChI is InChI=1S/C21H28N4O3S/c1-13(2)24(4)20(26)15-8-10-25(11-9-15)21(27)17-14(3)22-18(23-19(17)29-5)16-7-6-12-28-16/h6-7,12-13,15H,8-11H2,1-5H3. The molecule has 7 nitrogen and oxygen atoms in total. The number of nitrogens with zero attached hydrogens (tertiary/aromatic N) is 4. The van der Waals surface area contributed by atoms with Gasteiger partial charge in [-0.3, -0.25) is 9.59 Å². The van der Waals surface area contributed by atoms with Crippen molar-refractivity contribution in [1.82, 2.24) is 19.8 Å². The lowest BCUT2D eigenvalue weighted by molar-refractivity contribution is -0.137. The van der Waals surface area contributed by atoms with Crippen LogP contribution in [0.3, 0.4) is 0 Å². The summed E-state index contributed by atoms with van der Waals surface area (Å²) in [7, 11) is 1.84. The Morgan fingerprint density at radius 1 is 1.28 bits per heavy atom. The van der Waals surface area contributed by atoms with Gasteiger partial charge in [0.2, 0.25) is 5.91 Å². The van der Waals surface area contributed by atoms with Crippen LogP contribution >= 0.6 is 11.8 Å². The molecule has 8 heteroatoms. The van der Waals surface area contributed by atoms with E-state index in [1.54, 1.807) is 23.3 Å². The highest BCUT2D eigenvalue weighted by Crippen LogP contribution is 2.28. The molecule has 0 aromatic carbocycles. The van der Waals surface area contributed by atoms with Gasteiger partial charge in [-0.05, 0) is 52.0 Å². The molecule has 3 rings (SSSR count). The lowest BCUT2D eigenvalue weighted by atomic mass is 9.94. The van der Waals surface area contributed by atoms with E-state index in [1.807, 2.05) is 39.0 Å². The van der Waals surface area contributed by atoms with Crippen molar-refractivity contribution in [2.75, 3.05) is 26.4 Å². The first-order valence-corrected chi connectivity index (χ1v) is 11.1. The van der Waals surface area contributed by atoms with Gasteiger partial charge in [-0.2, -0.15) is 0 Å². The third kappa shape index (κ3) is 4.47. The molecule has 0 bridgehead atoms. The summed E-state index contributed by atoms with van der Waals surface area (Å²) in [6.07, 6.45) is 4.84. The first kappa shape index (κ1) is 21.4. The molecule has 1 fully saturated rings. The van der Waals surface area contributed by atoms with Crippen molar-refractivity contribution in [2.24, 2.45) is 5.92 Å². The number of rotatable bonds is 5. The molecule has 29 heavy (non-hydrogen) atoms. The molecule has 1 aliphatic rings. The number of carbonyl (C=O) groups excluding carboxylic acids is 2. The average Bonchev–Trinajstić information content (AvgIpc) is 3.26. The monoisotopic (exact) mass is 416 g/mol. The summed E-state index contributed by atoms with van der Waals surface area (Å²) in [5.41, 5.74) is 1.18. The van der Waals surface area contributed by atoms with Gasteiger partial charge in [-0.25, -0.2) is 9.97 Å². The number of carbonyl (C=O) groups is 2. The van der Waals surface area contributed by atoms with Crippen LogP contribution in [-0.4, -0.2) is 64.0 Å². The molecule has 2 amide bonds. The van der Waals surface area contributed by atoms with Crippen molar-refractivity contribution in [2.45, 2.75) is 44.7 Å². The maximum Gasteiger partial charge on any atom is 0.258 e. The van der Waals surface area contributed by atoms with Gasteiger partial charge >= 0.3 is 0 Å². The van der Waals surface area contributed by atoms with Crippen LogP contribution in [0.25, 0.3) is 11.6 Å².